The molecule has 0 radical (unpaired) electrons. The third-order valence-corrected chi connectivity index (χ3v) is 5.44. The van der Waals surface area contributed by atoms with Crippen LogP contribution in [0.5, 0.6) is 5.75 Å². The largest absolute Gasteiger partial charge is 0.493 e. The first-order chi connectivity index (χ1) is 18.6. The molecule has 0 aromatic heterocycles. The zero-order valence-electron chi connectivity index (χ0n) is 20.4. The SMILES string of the molecule is C=CC(C)COC(=O)c1ccc(OCCC(F)(F)C(F)(F)C(F)(F)C(F)(F)C(F)(F)C(F)(F)C(F)(F)C(F)(F)F)cc1. The molecule has 0 heterocycles. The summed E-state index contributed by atoms with van der Waals surface area (Å²) in [6.45, 7) is 3.15. The molecule has 1 unspecified atom stereocenters. The molecule has 1 aromatic rings. The highest BCUT2D eigenvalue weighted by atomic mass is 19.4. The third-order valence-electron chi connectivity index (χ3n) is 5.44. The van der Waals surface area contributed by atoms with Crippen LogP contribution in [0.1, 0.15) is 23.7 Å². The van der Waals surface area contributed by atoms with Crippen molar-refractivity contribution in [2.45, 2.75) is 61.0 Å². The van der Waals surface area contributed by atoms with Gasteiger partial charge in [-0.05, 0) is 24.3 Å². The van der Waals surface area contributed by atoms with Gasteiger partial charge in [-0.15, -0.1) is 6.58 Å². The van der Waals surface area contributed by atoms with Crippen LogP contribution >= 0.6 is 0 Å². The minimum Gasteiger partial charge on any atom is -0.493 e. The Labute approximate surface area is 224 Å². The molecule has 0 bridgehead atoms. The van der Waals surface area contributed by atoms with Crippen LogP contribution in [0.15, 0.2) is 36.9 Å². The van der Waals surface area contributed by atoms with Gasteiger partial charge in [0.25, 0.3) is 0 Å². The van der Waals surface area contributed by atoms with Crippen LogP contribution in [-0.2, 0) is 4.74 Å². The standard InChI is InChI=1S/C22H17F17O3/c1-3-11(2)10-42-14(40)12-4-6-13(7-5-12)41-9-8-15(23,24)16(25,26)17(27,28)18(29,30)19(31,32)20(33,34)21(35,36)22(37,38)39/h3-7,11H,1,8-10H2,2H3. The molecule has 0 aliphatic carbocycles. The maximum atomic E-state index is 13.9. The van der Waals surface area contributed by atoms with E-state index >= 15 is 0 Å². The predicted molar refractivity (Wildman–Crippen MR) is 107 cm³/mol. The van der Waals surface area contributed by atoms with Gasteiger partial charge in [0.15, 0.2) is 0 Å². The molecule has 0 aliphatic heterocycles. The van der Waals surface area contributed by atoms with Crippen LogP contribution in [0.25, 0.3) is 0 Å². The van der Waals surface area contributed by atoms with Crippen LogP contribution in [0.4, 0.5) is 74.6 Å². The van der Waals surface area contributed by atoms with Crippen LogP contribution in [0.2, 0.25) is 0 Å². The molecule has 0 spiro atoms. The monoisotopic (exact) mass is 652 g/mol. The lowest BCUT2D eigenvalue weighted by atomic mass is 9.88. The van der Waals surface area contributed by atoms with Gasteiger partial charge in [-0.3, -0.25) is 0 Å². The summed E-state index contributed by atoms with van der Waals surface area (Å²) in [4.78, 5) is 11.8. The third kappa shape index (κ3) is 6.21. The fourth-order valence-corrected chi connectivity index (χ4v) is 2.70. The van der Waals surface area contributed by atoms with Gasteiger partial charge in [-0.25, -0.2) is 4.79 Å². The van der Waals surface area contributed by atoms with Gasteiger partial charge in [0.05, 0.1) is 25.2 Å². The molecule has 3 nitrogen and oxygen atoms in total. The van der Waals surface area contributed by atoms with Crippen molar-refractivity contribution in [2.75, 3.05) is 13.2 Å². The van der Waals surface area contributed by atoms with E-state index in [4.69, 9.17) is 4.74 Å². The Balaban J connectivity index is 3.14. The summed E-state index contributed by atoms with van der Waals surface area (Å²) in [5, 5.41) is 0. The molecular weight excluding hydrogens is 635 g/mol. The zero-order chi connectivity index (χ0) is 33.4. The second kappa shape index (κ2) is 11.6. The summed E-state index contributed by atoms with van der Waals surface area (Å²) in [7, 11) is 0. The Morgan fingerprint density at radius 3 is 1.52 bits per heavy atom. The van der Waals surface area contributed by atoms with Crippen molar-refractivity contribution in [2.24, 2.45) is 5.92 Å². The van der Waals surface area contributed by atoms with E-state index in [2.05, 4.69) is 11.3 Å². The van der Waals surface area contributed by atoms with Gasteiger partial charge in [0, 0.05) is 5.92 Å². The molecule has 0 fully saturated rings. The zero-order valence-corrected chi connectivity index (χ0v) is 20.4. The minimum atomic E-state index is -8.68. The van der Waals surface area contributed by atoms with Crippen molar-refractivity contribution >= 4 is 5.97 Å². The van der Waals surface area contributed by atoms with Gasteiger partial charge < -0.3 is 9.47 Å². The molecular formula is C22H17F17O3. The molecule has 0 aliphatic rings. The molecule has 0 amide bonds. The molecule has 0 saturated carbocycles. The lowest BCUT2D eigenvalue weighted by Crippen LogP contribution is -2.74. The van der Waals surface area contributed by atoms with E-state index in [1.807, 2.05) is 0 Å². The Hall–Kier alpha value is -2.96. The molecule has 0 saturated heterocycles. The van der Waals surface area contributed by atoms with Gasteiger partial charge in [-0.1, -0.05) is 13.0 Å². The van der Waals surface area contributed by atoms with E-state index in [9.17, 15) is 79.4 Å². The smallest absolute Gasteiger partial charge is 0.460 e. The number of alkyl halides is 17. The van der Waals surface area contributed by atoms with Crippen molar-refractivity contribution in [3.63, 3.8) is 0 Å². The van der Waals surface area contributed by atoms with E-state index in [0.29, 0.717) is 0 Å². The topological polar surface area (TPSA) is 35.5 Å². The Morgan fingerprint density at radius 2 is 1.12 bits per heavy atom. The number of rotatable bonds is 14. The van der Waals surface area contributed by atoms with E-state index in [1.54, 1.807) is 6.92 Å². The average Bonchev–Trinajstić information content (AvgIpc) is 2.85. The minimum absolute atomic E-state index is 0.109. The molecule has 1 atom stereocenters. The number of ether oxygens (including phenoxy) is 2. The summed E-state index contributed by atoms with van der Waals surface area (Å²) >= 11 is 0. The second-order valence-corrected chi connectivity index (χ2v) is 8.58. The highest BCUT2D eigenvalue weighted by Gasteiger charge is 2.95. The van der Waals surface area contributed by atoms with Crippen molar-refractivity contribution in [1.82, 2.24) is 0 Å². The fourth-order valence-electron chi connectivity index (χ4n) is 2.70. The van der Waals surface area contributed by atoms with Crippen LogP contribution in [0, 0.1) is 5.92 Å². The van der Waals surface area contributed by atoms with Gasteiger partial charge >= 0.3 is 53.6 Å². The molecule has 1 aromatic carbocycles. The van der Waals surface area contributed by atoms with E-state index in [1.165, 1.54) is 6.08 Å². The van der Waals surface area contributed by atoms with E-state index in [-0.39, 0.29) is 18.1 Å². The summed E-state index contributed by atoms with van der Waals surface area (Å²) < 4.78 is 235. The van der Waals surface area contributed by atoms with Crippen LogP contribution in [0.3, 0.4) is 0 Å². The average molecular weight is 652 g/mol. The van der Waals surface area contributed by atoms with Crippen molar-refractivity contribution < 1.29 is 88.9 Å². The summed E-state index contributed by atoms with van der Waals surface area (Å²) in [5.41, 5.74) is -0.175. The maximum absolute atomic E-state index is 13.9. The molecule has 20 heteroatoms. The molecule has 242 valence electrons. The number of halogens is 17. The van der Waals surface area contributed by atoms with Gasteiger partial charge in [0.2, 0.25) is 0 Å². The van der Waals surface area contributed by atoms with Gasteiger partial charge in [-0.2, -0.15) is 74.6 Å². The number of carbonyl (C=O) groups is 1. The highest BCUT2D eigenvalue weighted by molar-refractivity contribution is 5.89. The molecule has 0 N–H and O–H groups in total. The Kier molecular flexibility index (Phi) is 10.2. The first-order valence-electron chi connectivity index (χ1n) is 10.8. The van der Waals surface area contributed by atoms with Crippen LogP contribution < -0.4 is 4.74 Å². The number of hydrogen-bond acceptors (Lipinski definition) is 3. The number of esters is 1. The van der Waals surface area contributed by atoms with Crippen molar-refractivity contribution in [3.05, 3.63) is 42.5 Å². The van der Waals surface area contributed by atoms with Crippen molar-refractivity contribution in [3.8, 4) is 5.75 Å². The number of carbonyl (C=O) groups excluding carboxylic acids is 1. The number of hydrogen-bond donors (Lipinski definition) is 0. The van der Waals surface area contributed by atoms with Crippen molar-refractivity contribution in [1.29, 1.82) is 0 Å². The predicted octanol–water partition coefficient (Wildman–Crippen LogP) is 8.44. The normalized spacial score (nSPS) is 15.3. The first kappa shape index (κ1) is 37.1. The highest BCUT2D eigenvalue weighted by Crippen LogP contribution is 2.64. The quantitative estimate of drug-likeness (QED) is 0.115. The number of benzene rings is 1. The molecule has 42 heavy (non-hydrogen) atoms. The maximum Gasteiger partial charge on any atom is 0.460 e. The lowest BCUT2D eigenvalue weighted by Gasteiger charge is -2.42. The Bertz CT molecular complexity index is 1090. The summed E-state index contributed by atoms with van der Waals surface area (Å²) in [6, 6.07) is 3.49. The van der Waals surface area contributed by atoms with Crippen LogP contribution in [-0.4, -0.2) is 66.8 Å². The van der Waals surface area contributed by atoms with E-state index in [0.717, 1.165) is 24.3 Å². The lowest BCUT2D eigenvalue weighted by molar-refractivity contribution is -0.461. The second-order valence-electron chi connectivity index (χ2n) is 8.58. The summed E-state index contributed by atoms with van der Waals surface area (Å²) in [5.74, 6) is -58.5. The van der Waals surface area contributed by atoms with E-state index < -0.39 is 72.4 Å². The fraction of sp³-hybridized carbons (Fsp3) is 0.591. The molecule has 1 rings (SSSR count). The Morgan fingerprint density at radius 1 is 0.714 bits per heavy atom. The van der Waals surface area contributed by atoms with Gasteiger partial charge in [0.1, 0.15) is 5.75 Å². The first-order valence-corrected chi connectivity index (χ1v) is 10.8. The summed E-state index contributed by atoms with van der Waals surface area (Å²) in [6.07, 6.45) is -9.11.